The van der Waals surface area contributed by atoms with Gasteiger partial charge in [0.05, 0.1) is 6.20 Å². The molecule has 0 bridgehead atoms. The molecule has 0 aliphatic rings. The number of nitrogens with zero attached hydrogens (tertiary/aromatic N) is 4. The largest absolute Gasteiger partial charge is 0.454 e. The number of aryl methyl sites for hydroxylation is 1. The number of aromatic nitrogens is 4. The molecule has 14 heteroatoms. The maximum Gasteiger partial charge on any atom is 0.405 e. The number of nitrogens with one attached hydrogen (secondary N) is 2. The number of urea groups is 1. The molecule has 0 spiro atoms. The van der Waals surface area contributed by atoms with Crippen LogP contribution >= 0.6 is 0 Å². The second-order valence-corrected chi connectivity index (χ2v) is 5.19. The van der Waals surface area contributed by atoms with E-state index in [4.69, 9.17) is 0 Å². The first-order chi connectivity index (χ1) is 12.6. The number of rotatable bonds is 5. The van der Waals surface area contributed by atoms with Crippen LogP contribution in [-0.4, -0.2) is 56.6 Å². The van der Waals surface area contributed by atoms with Crippen molar-refractivity contribution in [3.63, 3.8) is 0 Å². The molecule has 2 rings (SSSR count). The maximum absolute atomic E-state index is 12.2. The molecule has 2 heterocycles. The van der Waals surface area contributed by atoms with E-state index in [0.29, 0.717) is 5.65 Å². The van der Waals surface area contributed by atoms with Crippen molar-refractivity contribution in [3.05, 3.63) is 22.9 Å². The number of esters is 1. The summed E-state index contributed by atoms with van der Waals surface area (Å²) in [6.07, 6.45) is -2.26. The third-order valence-corrected chi connectivity index (χ3v) is 3.08. The van der Waals surface area contributed by atoms with E-state index >= 15 is 0 Å². The van der Waals surface area contributed by atoms with E-state index in [2.05, 4.69) is 14.8 Å². The molecule has 3 amide bonds. The molecule has 0 fully saturated rings. The van der Waals surface area contributed by atoms with E-state index in [9.17, 15) is 32.3 Å². The van der Waals surface area contributed by atoms with Crippen LogP contribution < -0.4 is 16.2 Å². The van der Waals surface area contributed by atoms with Crippen molar-refractivity contribution in [2.45, 2.75) is 12.7 Å². The summed E-state index contributed by atoms with van der Waals surface area (Å²) in [7, 11) is 1.58. The van der Waals surface area contributed by atoms with Crippen LogP contribution in [0.15, 0.2) is 17.3 Å². The Hall–Kier alpha value is -3.45. The molecule has 0 radical (unpaired) electrons. The van der Waals surface area contributed by atoms with E-state index in [1.807, 2.05) is 0 Å². The zero-order valence-corrected chi connectivity index (χ0v) is 13.7. The summed E-state index contributed by atoms with van der Waals surface area (Å²) < 4.78 is 42.6. The first-order valence-electron chi connectivity index (χ1n) is 7.24. The highest BCUT2D eigenvalue weighted by Crippen LogP contribution is 2.11. The Morgan fingerprint density at radius 3 is 2.67 bits per heavy atom. The Kier molecular flexibility index (Phi) is 5.77. The number of amides is 3. The summed E-state index contributed by atoms with van der Waals surface area (Å²) in [5.41, 5.74) is -0.241. The monoisotopic (exact) mass is 390 g/mol. The molecular formula is C13H13F3N6O5. The predicted octanol–water partition coefficient (Wildman–Crippen LogP) is -0.939. The molecule has 0 aromatic carbocycles. The van der Waals surface area contributed by atoms with Gasteiger partial charge < -0.3 is 10.1 Å². The number of hydrogen-bond donors (Lipinski definition) is 2. The molecule has 0 saturated heterocycles. The minimum Gasteiger partial charge on any atom is -0.454 e. The lowest BCUT2D eigenvalue weighted by molar-refractivity contribution is -0.148. The molecule has 2 aromatic rings. The second kappa shape index (κ2) is 7.84. The fourth-order valence-electron chi connectivity index (χ4n) is 1.90. The number of imide groups is 1. The SMILES string of the molecule is Cn1ncc2c(=O)n(CC(=O)OCC(=O)NC(=O)NCC(F)(F)F)cnc21. The lowest BCUT2D eigenvalue weighted by Crippen LogP contribution is -2.44. The van der Waals surface area contributed by atoms with Gasteiger partial charge in [-0.25, -0.2) is 9.78 Å². The number of ether oxygens (including phenoxy) is 1. The van der Waals surface area contributed by atoms with Crippen molar-refractivity contribution in [1.82, 2.24) is 30.0 Å². The van der Waals surface area contributed by atoms with E-state index in [1.165, 1.54) is 16.2 Å². The Balaban J connectivity index is 1.84. The molecule has 27 heavy (non-hydrogen) atoms. The van der Waals surface area contributed by atoms with Crippen molar-refractivity contribution in [3.8, 4) is 0 Å². The van der Waals surface area contributed by atoms with Gasteiger partial charge in [0.25, 0.3) is 11.5 Å². The van der Waals surface area contributed by atoms with Gasteiger partial charge in [-0.15, -0.1) is 0 Å². The summed E-state index contributed by atoms with van der Waals surface area (Å²) in [5, 5.41) is 6.99. The summed E-state index contributed by atoms with van der Waals surface area (Å²) in [6.45, 7) is -3.11. The fourth-order valence-corrected chi connectivity index (χ4v) is 1.90. The molecule has 0 unspecified atom stereocenters. The van der Waals surface area contributed by atoms with E-state index in [-0.39, 0.29) is 5.39 Å². The molecular weight excluding hydrogens is 377 g/mol. The Morgan fingerprint density at radius 2 is 2.00 bits per heavy atom. The second-order valence-electron chi connectivity index (χ2n) is 5.19. The summed E-state index contributed by atoms with van der Waals surface area (Å²) in [4.78, 5) is 50.2. The maximum atomic E-state index is 12.2. The Morgan fingerprint density at radius 1 is 1.30 bits per heavy atom. The zero-order chi connectivity index (χ0) is 20.2. The molecule has 146 valence electrons. The molecule has 2 N–H and O–H groups in total. The van der Waals surface area contributed by atoms with E-state index < -0.39 is 49.3 Å². The standard InChI is InChI=1S/C13H13F3N6O5/c1-21-10-7(2-19-21)11(25)22(6-18-10)3-9(24)27-4-8(23)20-12(26)17-5-13(14,15)16/h2,6H,3-5H2,1H3,(H2,17,20,23,26). The van der Waals surface area contributed by atoms with Crippen molar-refractivity contribution in [2.24, 2.45) is 7.05 Å². The van der Waals surface area contributed by atoms with Gasteiger partial charge in [-0.1, -0.05) is 0 Å². The number of halogens is 3. The van der Waals surface area contributed by atoms with Gasteiger partial charge in [-0.05, 0) is 0 Å². The van der Waals surface area contributed by atoms with Crippen molar-refractivity contribution >= 4 is 28.9 Å². The average Bonchev–Trinajstić information content (AvgIpc) is 2.95. The molecule has 0 aliphatic carbocycles. The lowest BCUT2D eigenvalue weighted by Gasteiger charge is -2.09. The van der Waals surface area contributed by atoms with Crippen molar-refractivity contribution < 1.29 is 32.3 Å². The van der Waals surface area contributed by atoms with Crippen LogP contribution in [0.4, 0.5) is 18.0 Å². The third kappa shape index (κ3) is 5.52. The van der Waals surface area contributed by atoms with E-state index in [0.717, 1.165) is 10.9 Å². The smallest absolute Gasteiger partial charge is 0.405 e. The average molecular weight is 390 g/mol. The minimum atomic E-state index is -4.64. The number of alkyl halides is 3. The number of carbonyl (C=O) groups excluding carboxylic acids is 3. The Labute approximate surface area is 148 Å². The zero-order valence-electron chi connectivity index (χ0n) is 13.7. The van der Waals surface area contributed by atoms with Crippen LogP contribution in [0.5, 0.6) is 0 Å². The van der Waals surface area contributed by atoms with Crippen LogP contribution in [0, 0.1) is 0 Å². The fraction of sp³-hybridized carbons (Fsp3) is 0.385. The predicted molar refractivity (Wildman–Crippen MR) is 81.3 cm³/mol. The lowest BCUT2D eigenvalue weighted by atomic mass is 10.4. The van der Waals surface area contributed by atoms with Crippen LogP contribution in [0.1, 0.15) is 0 Å². The van der Waals surface area contributed by atoms with Crippen molar-refractivity contribution in [1.29, 1.82) is 0 Å². The van der Waals surface area contributed by atoms with Crippen molar-refractivity contribution in [2.75, 3.05) is 13.2 Å². The normalized spacial score (nSPS) is 11.3. The molecule has 2 aromatic heterocycles. The highest BCUT2D eigenvalue weighted by atomic mass is 19.4. The van der Waals surface area contributed by atoms with Crippen LogP contribution in [0.3, 0.4) is 0 Å². The van der Waals surface area contributed by atoms with Gasteiger partial charge in [0.2, 0.25) is 0 Å². The summed E-state index contributed by atoms with van der Waals surface area (Å²) in [6, 6.07) is -1.39. The minimum absolute atomic E-state index is 0.173. The van der Waals surface area contributed by atoms with Crippen LogP contribution in [0.2, 0.25) is 0 Å². The third-order valence-electron chi connectivity index (χ3n) is 3.08. The van der Waals surface area contributed by atoms with Gasteiger partial charge in [-0.3, -0.25) is 28.9 Å². The topological polar surface area (TPSA) is 137 Å². The highest BCUT2D eigenvalue weighted by molar-refractivity contribution is 5.95. The van der Waals surface area contributed by atoms with Gasteiger partial charge in [-0.2, -0.15) is 18.3 Å². The molecule has 0 aliphatic heterocycles. The van der Waals surface area contributed by atoms with Gasteiger partial charge in [0, 0.05) is 7.05 Å². The van der Waals surface area contributed by atoms with Gasteiger partial charge in [0.1, 0.15) is 24.8 Å². The molecule has 11 nitrogen and oxygen atoms in total. The van der Waals surface area contributed by atoms with Crippen LogP contribution in [-0.2, 0) is 27.9 Å². The van der Waals surface area contributed by atoms with Crippen LogP contribution in [0.25, 0.3) is 11.0 Å². The summed E-state index contributed by atoms with van der Waals surface area (Å²) in [5.74, 6) is -2.14. The number of hydrogen-bond acceptors (Lipinski definition) is 7. The first-order valence-corrected chi connectivity index (χ1v) is 7.24. The highest BCUT2D eigenvalue weighted by Gasteiger charge is 2.28. The molecule has 0 saturated carbocycles. The number of carbonyl (C=O) groups is 3. The molecule has 0 atom stereocenters. The van der Waals surface area contributed by atoms with Gasteiger partial charge in [0.15, 0.2) is 12.3 Å². The quantitative estimate of drug-likeness (QED) is 0.629. The Bertz CT molecular complexity index is 935. The van der Waals surface area contributed by atoms with Gasteiger partial charge >= 0.3 is 18.2 Å². The number of fused-ring (bicyclic) bond motifs is 1. The first kappa shape index (κ1) is 19.9. The summed E-state index contributed by atoms with van der Waals surface area (Å²) >= 11 is 0. The van der Waals surface area contributed by atoms with E-state index in [1.54, 1.807) is 12.4 Å².